The number of rotatable bonds is 2. The second-order valence-electron chi connectivity index (χ2n) is 11.2. The molecule has 2 aromatic heterocycles. The Hall–Kier alpha value is -2.48. The minimum absolute atomic E-state index is 0.253. The fraction of sp³-hybridized carbons (Fsp3) is 0.333. The maximum absolute atomic E-state index is 13.7. The highest BCUT2D eigenvalue weighted by Gasteiger charge is 2.60. The van der Waals surface area contributed by atoms with Crippen LogP contribution in [-0.2, 0) is 11.8 Å². The van der Waals surface area contributed by atoms with Crippen LogP contribution in [0.25, 0.3) is 22.2 Å². The van der Waals surface area contributed by atoms with Crippen LogP contribution in [-0.4, -0.2) is 115 Å². The molecule has 1 N–H and O–H groups in total. The highest BCUT2D eigenvalue weighted by molar-refractivity contribution is 6.60. The molecule has 3 heterocycles. The van der Waals surface area contributed by atoms with Gasteiger partial charge in [-0.3, -0.25) is 5.32 Å². The highest BCUT2D eigenvalue weighted by atomic mass is 16.5. The SMILES string of the molecule is BC1(B)OC(B)(B)C(B)(B)N(C(=O)Nc2ncc3ccc(-c4cnc(C)n4C)cc3n2)C1(B)B. The maximum Gasteiger partial charge on any atom is 0.322 e. The van der Waals surface area contributed by atoms with Gasteiger partial charge in [0, 0.05) is 35.0 Å². The van der Waals surface area contributed by atoms with Gasteiger partial charge in [0.15, 0.2) is 0 Å². The number of ether oxygens (including phenoxy) is 1. The van der Waals surface area contributed by atoms with Crippen LogP contribution in [0.3, 0.4) is 0 Å². The summed E-state index contributed by atoms with van der Waals surface area (Å²) in [6, 6.07) is 5.76. The molecule has 34 heavy (non-hydrogen) atoms. The summed E-state index contributed by atoms with van der Waals surface area (Å²) in [5.41, 5.74) is 2.76. The number of hydrogen-bond donors (Lipinski definition) is 1. The molecule has 0 spiro atoms. The largest absolute Gasteiger partial charge is 0.402 e. The van der Waals surface area contributed by atoms with Crippen molar-refractivity contribution >= 4 is 85.7 Å². The first-order chi connectivity index (χ1) is 15.6. The first-order valence-corrected chi connectivity index (χ1v) is 11.7. The molecular formula is C18H28B8N6O2. The van der Waals surface area contributed by atoms with E-state index in [0.717, 1.165) is 28.0 Å². The first-order valence-electron chi connectivity index (χ1n) is 11.7. The molecule has 2 amide bonds. The number of carbonyl (C=O) groups is 1. The van der Waals surface area contributed by atoms with Crippen LogP contribution in [0.4, 0.5) is 10.7 Å². The van der Waals surface area contributed by atoms with Crippen molar-refractivity contribution in [1.82, 2.24) is 24.4 Å². The average Bonchev–Trinajstić information content (AvgIpc) is 3.03. The third kappa shape index (κ3) is 3.70. The Bertz CT molecular complexity index is 1270. The normalized spacial score (nSPS) is 20.1. The van der Waals surface area contributed by atoms with Gasteiger partial charge in [-0.15, -0.1) is 0 Å². The number of nitrogens with one attached hydrogen (secondary N) is 1. The van der Waals surface area contributed by atoms with Crippen molar-refractivity contribution in [2.45, 2.75) is 28.4 Å². The van der Waals surface area contributed by atoms with E-state index in [2.05, 4.69) is 20.3 Å². The number of aromatic nitrogens is 4. The Morgan fingerprint density at radius 3 is 2.15 bits per heavy atom. The molecule has 0 bridgehead atoms. The van der Waals surface area contributed by atoms with Crippen LogP contribution >= 0.6 is 0 Å². The van der Waals surface area contributed by atoms with Crippen molar-refractivity contribution in [3.63, 3.8) is 0 Å². The van der Waals surface area contributed by atoms with E-state index < -0.39 is 21.5 Å². The maximum atomic E-state index is 13.7. The van der Waals surface area contributed by atoms with Crippen molar-refractivity contribution in [1.29, 1.82) is 0 Å². The predicted octanol–water partition coefficient (Wildman–Crippen LogP) is -6.12. The minimum atomic E-state index is -0.586. The van der Waals surface area contributed by atoms with Crippen molar-refractivity contribution in [2.24, 2.45) is 7.05 Å². The van der Waals surface area contributed by atoms with E-state index in [4.69, 9.17) is 4.74 Å². The molecule has 8 nitrogen and oxygen atoms in total. The van der Waals surface area contributed by atoms with Crippen LogP contribution in [0.2, 0.25) is 0 Å². The molecule has 1 fully saturated rings. The number of amides is 2. The van der Waals surface area contributed by atoms with Crippen LogP contribution in [0, 0.1) is 6.92 Å². The Kier molecular flexibility index (Phi) is 5.63. The fourth-order valence-corrected chi connectivity index (χ4v) is 4.80. The van der Waals surface area contributed by atoms with Gasteiger partial charge >= 0.3 is 6.03 Å². The minimum Gasteiger partial charge on any atom is -0.402 e. The molecule has 0 atom stereocenters. The third-order valence-electron chi connectivity index (χ3n) is 8.10. The topological polar surface area (TPSA) is 85.2 Å². The Morgan fingerprint density at radius 2 is 1.59 bits per heavy atom. The number of hydrogen-bond acceptors (Lipinski definition) is 5. The van der Waals surface area contributed by atoms with Gasteiger partial charge in [-0.1, -0.05) is 12.1 Å². The van der Waals surface area contributed by atoms with Crippen molar-refractivity contribution in [2.75, 3.05) is 5.32 Å². The molecule has 16 heteroatoms. The zero-order valence-electron chi connectivity index (χ0n) is 21.9. The van der Waals surface area contributed by atoms with E-state index in [1.165, 1.54) is 0 Å². The van der Waals surface area contributed by atoms with Gasteiger partial charge in [0.1, 0.15) is 68.6 Å². The summed E-state index contributed by atoms with van der Waals surface area (Å²) in [7, 11) is 18.2. The van der Waals surface area contributed by atoms with Crippen LogP contribution < -0.4 is 5.32 Å². The van der Waals surface area contributed by atoms with Crippen LogP contribution in [0.1, 0.15) is 5.82 Å². The van der Waals surface area contributed by atoms with Crippen LogP contribution in [0.15, 0.2) is 30.6 Å². The number of carbonyl (C=O) groups excluding carboxylic acids is 1. The van der Waals surface area contributed by atoms with Gasteiger partial charge in [-0.05, 0) is 23.7 Å². The third-order valence-corrected chi connectivity index (χ3v) is 8.10. The predicted molar refractivity (Wildman–Crippen MR) is 158 cm³/mol. The summed E-state index contributed by atoms with van der Waals surface area (Å²) >= 11 is 0. The number of anilines is 1. The highest BCUT2D eigenvalue weighted by Crippen LogP contribution is 2.40. The van der Waals surface area contributed by atoms with Gasteiger partial charge in [0.2, 0.25) is 5.95 Å². The lowest BCUT2D eigenvalue weighted by Gasteiger charge is -2.68. The summed E-state index contributed by atoms with van der Waals surface area (Å²) in [4.78, 5) is 29.1. The van der Waals surface area contributed by atoms with Crippen molar-refractivity contribution in [3.05, 3.63) is 36.4 Å². The number of benzene rings is 1. The number of urea groups is 1. The number of morpholine rings is 1. The second kappa shape index (κ2) is 7.77. The summed E-state index contributed by atoms with van der Waals surface area (Å²) in [6.07, 6.45) is 3.59. The lowest BCUT2D eigenvalue weighted by atomic mass is 9.30. The Morgan fingerprint density at radius 1 is 0.971 bits per heavy atom. The number of imidazole rings is 1. The molecule has 3 aromatic rings. The standard InChI is InChI=1S/C18H28B8N6O2/c1-8-27-7-12(31(8)2)9-3-4-10-6-28-13(29-11(10)5-9)30-14(33)32-15(19,20)17(23,24)34-18(25,26)16(32,21)22/h3-7H,19-26H2,1-2H3,(H,28,29,30,33). The molecule has 1 aliphatic heterocycles. The quantitative estimate of drug-likeness (QED) is 0.396. The lowest BCUT2D eigenvalue weighted by molar-refractivity contribution is -0.0913. The number of nitrogens with zero attached hydrogens (tertiary/aromatic N) is 5. The number of aryl methyl sites for hydroxylation is 1. The van der Waals surface area contributed by atoms with Gasteiger partial charge < -0.3 is 14.2 Å². The monoisotopic (exact) mass is 448 g/mol. The van der Waals surface area contributed by atoms with Crippen molar-refractivity contribution in [3.8, 4) is 11.3 Å². The number of fused-ring (bicyclic) bond motifs is 1. The van der Waals surface area contributed by atoms with E-state index in [1.54, 1.807) is 6.20 Å². The van der Waals surface area contributed by atoms with E-state index in [-0.39, 0.29) is 12.0 Å². The molecule has 0 unspecified atom stereocenters. The molecule has 0 saturated carbocycles. The zero-order valence-corrected chi connectivity index (χ0v) is 21.9. The van der Waals surface area contributed by atoms with E-state index >= 15 is 0 Å². The van der Waals surface area contributed by atoms with Gasteiger partial charge in [0.05, 0.1) is 17.4 Å². The van der Waals surface area contributed by atoms with Crippen LogP contribution in [0.5, 0.6) is 0 Å². The summed E-state index contributed by atoms with van der Waals surface area (Å²) in [6.45, 7) is 1.97. The molecule has 1 aromatic carbocycles. The first kappa shape index (κ1) is 24.6. The lowest BCUT2D eigenvalue weighted by Crippen LogP contribution is -2.87. The molecule has 1 saturated heterocycles. The smallest absolute Gasteiger partial charge is 0.322 e. The van der Waals surface area contributed by atoms with Gasteiger partial charge in [-0.25, -0.2) is 19.7 Å². The van der Waals surface area contributed by atoms with Gasteiger partial charge in [-0.2, -0.15) is 0 Å². The summed E-state index contributed by atoms with van der Waals surface area (Å²) in [5, 5.41) is 1.55. The van der Waals surface area contributed by atoms with Gasteiger partial charge in [0.25, 0.3) is 0 Å². The molecule has 0 aliphatic carbocycles. The zero-order chi connectivity index (χ0) is 25.3. The van der Waals surface area contributed by atoms with E-state index in [1.807, 2.05) is 111 Å². The Labute approximate surface area is 208 Å². The molecular weight excluding hydrogens is 419 g/mol. The van der Waals surface area contributed by atoms with Crippen molar-refractivity contribution < 1.29 is 9.53 Å². The summed E-state index contributed by atoms with van der Waals surface area (Å²) < 4.78 is 8.53. The fourth-order valence-electron chi connectivity index (χ4n) is 4.80. The second-order valence-corrected chi connectivity index (χ2v) is 11.2. The van der Waals surface area contributed by atoms with E-state index in [0.29, 0.717) is 0 Å². The Balaban J connectivity index is 1.70. The molecule has 166 valence electrons. The molecule has 0 radical (unpaired) electrons. The summed E-state index contributed by atoms with van der Waals surface area (Å²) in [5.74, 6) is 1.21. The average molecular weight is 447 g/mol. The van der Waals surface area contributed by atoms with E-state index in [9.17, 15) is 4.79 Å². The molecule has 1 aliphatic rings. The molecule has 4 rings (SSSR count).